The molecule has 16 heavy (non-hydrogen) atoms. The van der Waals surface area contributed by atoms with Gasteiger partial charge in [0, 0.05) is 13.5 Å². The van der Waals surface area contributed by atoms with E-state index in [1.54, 1.807) is 6.07 Å². The van der Waals surface area contributed by atoms with Crippen LogP contribution in [-0.2, 0) is 13.5 Å². The van der Waals surface area contributed by atoms with E-state index in [0.717, 1.165) is 24.2 Å². The van der Waals surface area contributed by atoms with E-state index in [1.165, 1.54) is 6.07 Å². The van der Waals surface area contributed by atoms with Crippen LogP contribution in [0, 0.1) is 5.82 Å². The summed E-state index contributed by atoms with van der Waals surface area (Å²) < 4.78 is 15.3. The Morgan fingerprint density at radius 1 is 1.31 bits per heavy atom. The largest absolute Gasteiger partial charge is 0.331 e. The van der Waals surface area contributed by atoms with Crippen LogP contribution < -0.4 is 0 Å². The minimum Gasteiger partial charge on any atom is -0.331 e. The van der Waals surface area contributed by atoms with Crippen molar-refractivity contribution in [1.29, 1.82) is 0 Å². The highest BCUT2D eigenvalue weighted by Crippen LogP contribution is 2.18. The number of nitrogens with zero attached hydrogens (tertiary/aromatic N) is 2. The van der Waals surface area contributed by atoms with E-state index < -0.39 is 0 Å². The molecule has 0 unspecified atom stereocenters. The van der Waals surface area contributed by atoms with Crippen LogP contribution in [0.4, 0.5) is 4.39 Å². The molecular weight excluding hydrogens is 203 g/mol. The third-order valence-electron chi connectivity index (χ3n) is 2.43. The zero-order valence-corrected chi connectivity index (χ0v) is 10.4. The van der Waals surface area contributed by atoms with Gasteiger partial charge in [-0.2, -0.15) is 0 Å². The Balaban J connectivity index is 0.000000606. The second-order valence-corrected chi connectivity index (χ2v) is 3.44. The van der Waals surface area contributed by atoms with Crippen LogP contribution in [-0.4, -0.2) is 9.55 Å². The third-order valence-corrected chi connectivity index (χ3v) is 2.43. The van der Waals surface area contributed by atoms with Crippen LogP contribution in [0.25, 0.3) is 11.0 Å². The lowest BCUT2D eigenvalue weighted by Gasteiger charge is -1.98. The van der Waals surface area contributed by atoms with Crippen LogP contribution in [0.2, 0.25) is 0 Å². The molecule has 3 heteroatoms. The normalized spacial score (nSPS) is 10.1. The van der Waals surface area contributed by atoms with Gasteiger partial charge >= 0.3 is 0 Å². The molecule has 0 saturated carbocycles. The number of hydrogen-bond donors (Lipinski definition) is 0. The van der Waals surface area contributed by atoms with Crippen LogP contribution in [0.3, 0.4) is 0 Å². The predicted octanol–water partition coefficient (Wildman–Crippen LogP) is 3.69. The van der Waals surface area contributed by atoms with E-state index in [0.29, 0.717) is 5.52 Å². The Morgan fingerprint density at radius 2 is 2.00 bits per heavy atom. The number of halogens is 1. The van der Waals surface area contributed by atoms with Gasteiger partial charge in [0.25, 0.3) is 0 Å². The number of benzene rings is 1. The summed E-state index contributed by atoms with van der Waals surface area (Å²) in [7, 11) is 1.93. The average Bonchev–Trinajstić information content (AvgIpc) is 2.62. The molecule has 0 saturated heterocycles. The van der Waals surface area contributed by atoms with Gasteiger partial charge in [0.2, 0.25) is 0 Å². The molecule has 1 aromatic heterocycles. The minimum atomic E-state index is -0.236. The van der Waals surface area contributed by atoms with Crippen molar-refractivity contribution < 1.29 is 4.39 Å². The van der Waals surface area contributed by atoms with Crippen molar-refractivity contribution in [3.05, 3.63) is 29.8 Å². The SMILES string of the molecule is CC.CCCc1nc2c(F)cccc2n1C. The zero-order valence-electron chi connectivity index (χ0n) is 10.4. The molecule has 88 valence electrons. The molecule has 0 radical (unpaired) electrons. The second kappa shape index (κ2) is 5.64. The fourth-order valence-electron chi connectivity index (χ4n) is 1.68. The highest BCUT2D eigenvalue weighted by molar-refractivity contribution is 5.76. The maximum atomic E-state index is 13.3. The van der Waals surface area contributed by atoms with Crippen molar-refractivity contribution in [2.75, 3.05) is 0 Å². The first-order valence-corrected chi connectivity index (χ1v) is 5.84. The Hall–Kier alpha value is -1.38. The van der Waals surface area contributed by atoms with Gasteiger partial charge in [-0.3, -0.25) is 0 Å². The Bertz CT molecular complexity index is 460. The molecule has 0 fully saturated rings. The molecule has 2 nitrogen and oxygen atoms in total. The van der Waals surface area contributed by atoms with Gasteiger partial charge in [-0.25, -0.2) is 9.37 Å². The predicted molar refractivity (Wildman–Crippen MR) is 66.0 cm³/mol. The molecular formula is C13H19FN2. The number of aromatic nitrogens is 2. The van der Waals surface area contributed by atoms with Crippen LogP contribution in [0.1, 0.15) is 33.0 Å². The summed E-state index contributed by atoms with van der Waals surface area (Å²) >= 11 is 0. The molecule has 1 heterocycles. The van der Waals surface area contributed by atoms with E-state index >= 15 is 0 Å². The van der Waals surface area contributed by atoms with Gasteiger partial charge in [0.15, 0.2) is 5.82 Å². The molecule has 0 aliphatic carbocycles. The number of aryl methyl sites for hydroxylation is 2. The van der Waals surface area contributed by atoms with Gasteiger partial charge in [0.05, 0.1) is 5.52 Å². The number of hydrogen-bond acceptors (Lipinski definition) is 1. The molecule has 0 aliphatic rings. The molecule has 2 aromatic rings. The first-order chi connectivity index (χ1) is 7.74. The lowest BCUT2D eigenvalue weighted by Crippen LogP contribution is -1.96. The summed E-state index contributed by atoms with van der Waals surface area (Å²) in [6.07, 6.45) is 1.92. The quantitative estimate of drug-likeness (QED) is 0.757. The van der Waals surface area contributed by atoms with Gasteiger partial charge in [-0.15, -0.1) is 0 Å². The molecule has 0 bridgehead atoms. The van der Waals surface area contributed by atoms with E-state index in [-0.39, 0.29) is 5.82 Å². The van der Waals surface area contributed by atoms with Crippen molar-refractivity contribution in [2.24, 2.45) is 7.05 Å². The van der Waals surface area contributed by atoms with Crippen LogP contribution in [0.15, 0.2) is 18.2 Å². The van der Waals surface area contributed by atoms with Gasteiger partial charge in [0.1, 0.15) is 11.3 Å². The number of fused-ring (bicyclic) bond motifs is 1. The molecule has 0 atom stereocenters. The van der Waals surface area contributed by atoms with E-state index in [4.69, 9.17) is 0 Å². The first-order valence-electron chi connectivity index (χ1n) is 5.84. The lowest BCUT2D eigenvalue weighted by atomic mass is 10.3. The minimum absolute atomic E-state index is 0.236. The molecule has 0 amide bonds. The number of rotatable bonds is 2. The molecule has 0 N–H and O–H groups in total. The van der Waals surface area contributed by atoms with Crippen molar-refractivity contribution in [2.45, 2.75) is 33.6 Å². The monoisotopic (exact) mass is 222 g/mol. The maximum Gasteiger partial charge on any atom is 0.151 e. The summed E-state index contributed by atoms with van der Waals surface area (Å²) in [5, 5.41) is 0. The standard InChI is InChI=1S/C11H13FN2.C2H6/c1-3-5-10-13-11-8(12)6-4-7-9(11)14(10)2;1-2/h4,6-7H,3,5H2,1-2H3;1-2H3. The Morgan fingerprint density at radius 3 is 2.56 bits per heavy atom. The van der Waals surface area contributed by atoms with Crippen LogP contribution >= 0.6 is 0 Å². The summed E-state index contributed by atoms with van der Waals surface area (Å²) in [5.74, 6) is 0.716. The highest BCUT2D eigenvalue weighted by atomic mass is 19.1. The van der Waals surface area contributed by atoms with Crippen molar-refractivity contribution in [1.82, 2.24) is 9.55 Å². The number of para-hydroxylation sites is 1. The summed E-state index contributed by atoms with van der Waals surface area (Å²) in [6, 6.07) is 5.06. The van der Waals surface area contributed by atoms with E-state index in [9.17, 15) is 4.39 Å². The smallest absolute Gasteiger partial charge is 0.151 e. The summed E-state index contributed by atoms with van der Waals surface area (Å²) in [5.41, 5.74) is 1.35. The molecule has 0 aliphatic heterocycles. The maximum absolute atomic E-state index is 13.3. The summed E-state index contributed by atoms with van der Waals surface area (Å²) in [4.78, 5) is 4.29. The second-order valence-electron chi connectivity index (χ2n) is 3.44. The van der Waals surface area contributed by atoms with Gasteiger partial charge < -0.3 is 4.57 Å². The fourth-order valence-corrected chi connectivity index (χ4v) is 1.68. The molecule has 2 rings (SSSR count). The van der Waals surface area contributed by atoms with E-state index in [1.807, 2.05) is 31.5 Å². The molecule has 1 aromatic carbocycles. The van der Waals surface area contributed by atoms with Crippen molar-refractivity contribution >= 4 is 11.0 Å². The Labute approximate surface area is 96.1 Å². The van der Waals surface area contributed by atoms with Gasteiger partial charge in [-0.1, -0.05) is 26.8 Å². The third kappa shape index (κ3) is 2.23. The number of imidazole rings is 1. The lowest BCUT2D eigenvalue weighted by molar-refractivity contribution is 0.637. The van der Waals surface area contributed by atoms with Gasteiger partial charge in [-0.05, 0) is 18.6 Å². The van der Waals surface area contributed by atoms with Crippen molar-refractivity contribution in [3.8, 4) is 0 Å². The highest BCUT2D eigenvalue weighted by Gasteiger charge is 2.09. The zero-order chi connectivity index (χ0) is 12.1. The Kier molecular flexibility index (Phi) is 4.47. The van der Waals surface area contributed by atoms with E-state index in [2.05, 4.69) is 11.9 Å². The molecule has 0 spiro atoms. The topological polar surface area (TPSA) is 17.8 Å². The fraction of sp³-hybridized carbons (Fsp3) is 0.462. The van der Waals surface area contributed by atoms with Crippen LogP contribution in [0.5, 0.6) is 0 Å². The van der Waals surface area contributed by atoms with Crippen molar-refractivity contribution in [3.63, 3.8) is 0 Å². The first kappa shape index (κ1) is 12.7. The summed E-state index contributed by atoms with van der Waals surface area (Å²) in [6.45, 7) is 6.09. The average molecular weight is 222 g/mol.